The molecule has 2 aliphatic heterocycles. The normalized spacial score (nSPS) is 22.8. The minimum Gasteiger partial charge on any atom is -0.358 e. The number of benzene rings is 1. The Hall–Kier alpha value is -1.36. The van der Waals surface area contributed by atoms with Crippen LogP contribution in [0.1, 0.15) is 12.8 Å². The van der Waals surface area contributed by atoms with Gasteiger partial charge < -0.3 is 10.6 Å². The molecule has 0 saturated carbocycles. The second-order valence-corrected chi connectivity index (χ2v) is 7.49. The molecule has 1 aromatic rings. The first kappa shape index (κ1) is 16.5. The van der Waals surface area contributed by atoms with Crippen LogP contribution in [0.25, 0.3) is 0 Å². The number of hydrogen-bond donors (Lipinski definition) is 4. The van der Waals surface area contributed by atoms with Crippen molar-refractivity contribution in [3.63, 3.8) is 0 Å². The molecular weight excluding hydrogens is 340 g/mol. The first-order chi connectivity index (χ1) is 10.9. The Morgan fingerprint density at radius 3 is 2.52 bits per heavy atom. The van der Waals surface area contributed by atoms with Gasteiger partial charge in [0.25, 0.3) is 10.0 Å². The highest BCUT2D eigenvalue weighted by Crippen LogP contribution is 2.16. The number of nitrogens with one attached hydrogen (secondary N) is 3. The minimum absolute atomic E-state index is 0.108. The van der Waals surface area contributed by atoms with E-state index in [0.717, 1.165) is 31.8 Å². The van der Waals surface area contributed by atoms with Crippen molar-refractivity contribution in [3.05, 3.63) is 41.2 Å². The lowest BCUT2D eigenvalue weighted by Gasteiger charge is -2.35. The number of nitrogens with two attached hydrogens (primary N) is 1. The van der Waals surface area contributed by atoms with Crippen molar-refractivity contribution in [3.8, 4) is 0 Å². The van der Waals surface area contributed by atoms with Crippen molar-refractivity contribution >= 4 is 21.6 Å². The Bertz CT molecular complexity index is 687. The van der Waals surface area contributed by atoms with Crippen molar-refractivity contribution in [1.82, 2.24) is 25.8 Å². The minimum atomic E-state index is -3.76. The summed E-state index contributed by atoms with van der Waals surface area (Å²) in [5.74, 6) is 0.785. The van der Waals surface area contributed by atoms with E-state index in [9.17, 15) is 8.42 Å². The number of halogens is 1. The summed E-state index contributed by atoms with van der Waals surface area (Å²) in [5.41, 5.74) is 11.7. The molecule has 0 amide bonds. The first-order valence-electron chi connectivity index (χ1n) is 7.27. The Labute approximate surface area is 140 Å². The number of hydrazine groups is 3. The standard InChI is InChI=1S/C13H19ClN6O2S/c14-10-3-5-11(6-4-10)23(21,22)18-20-16-12(15)9-13(17-20)19-7-1-2-8-19/h3-6,9,12,16-18H,1-2,7-8,15H2. The highest BCUT2D eigenvalue weighted by Gasteiger charge is 2.26. The molecule has 1 aromatic carbocycles. The fourth-order valence-corrected chi connectivity index (χ4v) is 3.57. The van der Waals surface area contributed by atoms with E-state index in [-0.39, 0.29) is 4.90 Å². The lowest BCUT2D eigenvalue weighted by atomic mass is 10.4. The van der Waals surface area contributed by atoms with Crippen LogP contribution >= 0.6 is 11.6 Å². The van der Waals surface area contributed by atoms with E-state index >= 15 is 0 Å². The quantitative estimate of drug-likeness (QED) is 0.604. The van der Waals surface area contributed by atoms with E-state index in [1.807, 2.05) is 6.08 Å². The predicted octanol–water partition coefficient (Wildman–Crippen LogP) is 0.0801. The molecule has 10 heteroatoms. The lowest BCUT2D eigenvalue weighted by Crippen LogP contribution is -2.65. The molecule has 5 N–H and O–H groups in total. The lowest BCUT2D eigenvalue weighted by molar-refractivity contribution is 0.0587. The van der Waals surface area contributed by atoms with Gasteiger partial charge >= 0.3 is 0 Å². The number of rotatable bonds is 4. The monoisotopic (exact) mass is 358 g/mol. The summed E-state index contributed by atoms with van der Waals surface area (Å²) in [5, 5.41) is 1.64. The zero-order valence-electron chi connectivity index (χ0n) is 12.4. The topological polar surface area (TPSA) is 103 Å². The zero-order chi connectivity index (χ0) is 16.4. The number of nitrogens with zero attached hydrogens (tertiary/aromatic N) is 2. The van der Waals surface area contributed by atoms with Gasteiger partial charge in [-0.2, -0.15) is 0 Å². The van der Waals surface area contributed by atoms with Gasteiger partial charge in [-0.25, -0.2) is 13.8 Å². The van der Waals surface area contributed by atoms with Crippen LogP contribution in [0.3, 0.4) is 0 Å². The molecule has 2 aliphatic rings. The van der Waals surface area contributed by atoms with Crippen LogP contribution in [0.15, 0.2) is 41.1 Å². The van der Waals surface area contributed by atoms with Gasteiger partial charge in [0, 0.05) is 18.1 Å². The maximum absolute atomic E-state index is 12.4. The van der Waals surface area contributed by atoms with Gasteiger partial charge in [0.15, 0.2) is 0 Å². The second kappa shape index (κ2) is 6.63. The van der Waals surface area contributed by atoms with Crippen LogP contribution in [0, 0.1) is 0 Å². The molecular formula is C13H19ClN6O2S. The van der Waals surface area contributed by atoms with Crippen LogP contribution in [0.5, 0.6) is 0 Å². The SMILES string of the molecule is NC1C=C(N2CCCC2)NN(NS(=O)(=O)c2ccc(Cl)cc2)N1. The number of hydrogen-bond acceptors (Lipinski definition) is 7. The molecule has 1 atom stereocenters. The van der Waals surface area contributed by atoms with Crippen LogP contribution in [-0.2, 0) is 10.0 Å². The van der Waals surface area contributed by atoms with E-state index in [0.29, 0.717) is 5.02 Å². The molecule has 1 fully saturated rings. The Morgan fingerprint density at radius 2 is 1.87 bits per heavy atom. The Balaban J connectivity index is 1.72. The van der Waals surface area contributed by atoms with Gasteiger partial charge in [0.05, 0.1) is 11.1 Å². The molecule has 1 saturated heterocycles. The Morgan fingerprint density at radius 1 is 1.22 bits per heavy atom. The summed E-state index contributed by atoms with van der Waals surface area (Å²) in [7, 11) is -3.76. The largest absolute Gasteiger partial charge is 0.358 e. The number of sulfonamides is 1. The molecule has 0 bridgehead atoms. The second-order valence-electron chi connectivity index (χ2n) is 5.40. The van der Waals surface area contributed by atoms with Gasteiger partial charge in [0.1, 0.15) is 5.82 Å². The van der Waals surface area contributed by atoms with Crippen molar-refractivity contribution < 1.29 is 8.42 Å². The summed E-state index contributed by atoms with van der Waals surface area (Å²) >= 11 is 5.78. The van der Waals surface area contributed by atoms with E-state index in [2.05, 4.69) is 20.6 Å². The summed E-state index contributed by atoms with van der Waals surface area (Å²) in [6.45, 7) is 1.84. The molecule has 126 valence electrons. The third kappa shape index (κ3) is 3.94. The van der Waals surface area contributed by atoms with Gasteiger partial charge in [0.2, 0.25) is 0 Å². The maximum atomic E-state index is 12.4. The zero-order valence-corrected chi connectivity index (χ0v) is 13.9. The maximum Gasteiger partial charge on any atom is 0.256 e. The van der Waals surface area contributed by atoms with Gasteiger partial charge in [-0.1, -0.05) is 16.8 Å². The fraction of sp³-hybridized carbons (Fsp3) is 0.385. The predicted molar refractivity (Wildman–Crippen MR) is 86.7 cm³/mol. The van der Waals surface area contributed by atoms with E-state index in [1.165, 1.54) is 29.5 Å². The van der Waals surface area contributed by atoms with Gasteiger partial charge in [-0.3, -0.25) is 5.43 Å². The average molecular weight is 359 g/mol. The third-order valence-electron chi connectivity index (χ3n) is 3.62. The summed E-state index contributed by atoms with van der Waals surface area (Å²) < 4.78 is 24.8. The molecule has 0 radical (unpaired) electrons. The summed E-state index contributed by atoms with van der Waals surface area (Å²) in [4.78, 5) is 4.64. The number of likely N-dealkylation sites (tertiary alicyclic amines) is 1. The molecule has 8 nitrogen and oxygen atoms in total. The molecule has 0 spiro atoms. The van der Waals surface area contributed by atoms with Crippen molar-refractivity contribution in [2.45, 2.75) is 23.9 Å². The smallest absolute Gasteiger partial charge is 0.256 e. The van der Waals surface area contributed by atoms with Crippen LogP contribution in [0.2, 0.25) is 5.02 Å². The van der Waals surface area contributed by atoms with Gasteiger partial charge in [-0.05, 0) is 43.2 Å². The van der Waals surface area contributed by atoms with Crippen molar-refractivity contribution in [2.24, 2.45) is 5.73 Å². The van der Waals surface area contributed by atoms with Crippen molar-refractivity contribution in [2.75, 3.05) is 13.1 Å². The molecule has 23 heavy (non-hydrogen) atoms. The molecule has 1 unspecified atom stereocenters. The highest BCUT2D eigenvalue weighted by molar-refractivity contribution is 7.89. The third-order valence-corrected chi connectivity index (χ3v) is 5.19. The highest BCUT2D eigenvalue weighted by atomic mass is 35.5. The van der Waals surface area contributed by atoms with E-state index < -0.39 is 16.2 Å². The van der Waals surface area contributed by atoms with Crippen molar-refractivity contribution in [1.29, 1.82) is 0 Å². The average Bonchev–Trinajstić information content (AvgIpc) is 3.00. The molecule has 3 rings (SSSR count). The van der Waals surface area contributed by atoms with Gasteiger partial charge in [-0.15, -0.1) is 4.83 Å². The Kier molecular flexibility index (Phi) is 4.76. The van der Waals surface area contributed by atoms with E-state index in [1.54, 1.807) is 0 Å². The summed E-state index contributed by atoms with van der Waals surface area (Å²) in [6, 6.07) is 5.92. The molecule has 2 heterocycles. The molecule has 0 aliphatic carbocycles. The van der Waals surface area contributed by atoms with Crippen LogP contribution in [0.4, 0.5) is 0 Å². The molecule has 0 aromatic heterocycles. The van der Waals surface area contributed by atoms with Crippen LogP contribution in [-0.4, -0.2) is 37.8 Å². The van der Waals surface area contributed by atoms with E-state index in [4.69, 9.17) is 17.3 Å². The summed E-state index contributed by atoms with van der Waals surface area (Å²) in [6.07, 6.45) is 3.54. The first-order valence-corrected chi connectivity index (χ1v) is 9.13. The fourth-order valence-electron chi connectivity index (χ4n) is 2.51. The van der Waals surface area contributed by atoms with Crippen LogP contribution < -0.4 is 21.4 Å².